The highest BCUT2D eigenvalue weighted by Gasteiger charge is 2.31. The summed E-state index contributed by atoms with van der Waals surface area (Å²) in [5.74, 6) is -1.61. The lowest BCUT2D eigenvalue weighted by molar-refractivity contribution is -0.274. The Morgan fingerprint density at radius 3 is 2.73 bits per heavy atom. The second-order valence-corrected chi connectivity index (χ2v) is 5.83. The molecule has 7 nitrogen and oxygen atoms in total. The fourth-order valence-electron chi connectivity index (χ4n) is 1.74. The summed E-state index contributed by atoms with van der Waals surface area (Å²) in [6.45, 7) is 1.68. The first-order valence-electron chi connectivity index (χ1n) is 6.94. The minimum absolute atomic E-state index is 0.0857. The summed E-state index contributed by atoms with van der Waals surface area (Å²) < 4.78 is 45.0. The van der Waals surface area contributed by atoms with E-state index in [-0.39, 0.29) is 15.8 Å². The number of rotatable bonds is 4. The Balaban J connectivity index is 2.12. The molecule has 1 fully saturated rings. The molecular weight excluding hydrogens is 375 g/mol. The standard InChI is InChI=1S/C15H12F3N3O4S/c1-8-3-4-10(25-15(16,17)18)5-9(8)7-19-21-14-20-13(23)11(26-14)6-12(22)24-2/h3-7H,1-2H3,(H,20,21,23)/b11-6+,19-7?. The minimum atomic E-state index is -4.79. The van der Waals surface area contributed by atoms with Crippen LogP contribution in [0.15, 0.2) is 39.4 Å². The maximum atomic E-state index is 12.3. The molecule has 1 N–H and O–H groups in total. The summed E-state index contributed by atoms with van der Waals surface area (Å²) in [6.07, 6.45) is -2.56. The Morgan fingerprint density at radius 2 is 2.08 bits per heavy atom. The lowest BCUT2D eigenvalue weighted by Gasteiger charge is -2.10. The number of hydrogen-bond acceptors (Lipinski definition) is 7. The molecule has 26 heavy (non-hydrogen) atoms. The highest BCUT2D eigenvalue weighted by molar-refractivity contribution is 8.18. The molecule has 1 aliphatic heterocycles. The number of nitrogens with zero attached hydrogens (tertiary/aromatic N) is 2. The number of alkyl halides is 3. The van der Waals surface area contributed by atoms with Gasteiger partial charge in [0.05, 0.1) is 18.2 Å². The SMILES string of the molecule is COC(=O)/C=C1/S/C(=N\N=Cc2cc(OC(F)(F)F)ccc2C)NC1=O. The molecule has 1 aliphatic rings. The molecule has 138 valence electrons. The average Bonchev–Trinajstić information content (AvgIpc) is 2.88. The van der Waals surface area contributed by atoms with Crippen LogP contribution in [0.25, 0.3) is 0 Å². The number of hydrogen-bond donors (Lipinski definition) is 1. The maximum Gasteiger partial charge on any atom is 0.573 e. The van der Waals surface area contributed by atoms with E-state index >= 15 is 0 Å². The van der Waals surface area contributed by atoms with Crippen LogP contribution in [0.2, 0.25) is 0 Å². The number of amides is 1. The van der Waals surface area contributed by atoms with Crippen LogP contribution in [0.5, 0.6) is 5.75 Å². The van der Waals surface area contributed by atoms with E-state index in [1.54, 1.807) is 6.92 Å². The van der Waals surface area contributed by atoms with E-state index in [9.17, 15) is 22.8 Å². The third-order valence-corrected chi connectivity index (χ3v) is 3.83. The molecule has 1 aromatic carbocycles. The first kappa shape index (κ1) is 19.5. The van der Waals surface area contributed by atoms with Crippen molar-refractivity contribution in [3.8, 4) is 5.75 Å². The second-order valence-electron chi connectivity index (χ2n) is 4.80. The number of nitrogens with one attached hydrogen (secondary N) is 1. The van der Waals surface area contributed by atoms with E-state index in [1.807, 2.05) is 0 Å². The van der Waals surface area contributed by atoms with Gasteiger partial charge in [-0.05, 0) is 36.4 Å². The molecule has 0 aromatic heterocycles. The van der Waals surface area contributed by atoms with Gasteiger partial charge in [-0.25, -0.2) is 4.79 Å². The minimum Gasteiger partial charge on any atom is -0.466 e. The highest BCUT2D eigenvalue weighted by Crippen LogP contribution is 2.25. The fraction of sp³-hybridized carbons (Fsp3) is 0.200. The normalized spacial score (nSPS) is 17.8. The highest BCUT2D eigenvalue weighted by atomic mass is 32.2. The van der Waals surface area contributed by atoms with Crippen molar-refractivity contribution in [1.29, 1.82) is 0 Å². The first-order chi connectivity index (χ1) is 12.2. The molecule has 11 heteroatoms. The average molecular weight is 387 g/mol. The van der Waals surface area contributed by atoms with E-state index in [0.717, 1.165) is 23.9 Å². The number of methoxy groups -OCH3 is 1. The van der Waals surface area contributed by atoms with Crippen LogP contribution in [-0.4, -0.2) is 36.7 Å². The number of thioether (sulfide) groups is 1. The zero-order chi connectivity index (χ0) is 19.3. The van der Waals surface area contributed by atoms with Crippen molar-refractivity contribution < 1.29 is 32.2 Å². The van der Waals surface area contributed by atoms with Crippen LogP contribution in [0.4, 0.5) is 13.2 Å². The molecule has 0 spiro atoms. The van der Waals surface area contributed by atoms with E-state index in [0.29, 0.717) is 11.1 Å². The monoisotopic (exact) mass is 387 g/mol. The van der Waals surface area contributed by atoms with Crippen molar-refractivity contribution in [3.63, 3.8) is 0 Å². The van der Waals surface area contributed by atoms with E-state index < -0.39 is 18.2 Å². The molecule has 2 rings (SSSR count). The smallest absolute Gasteiger partial charge is 0.466 e. The number of carbonyl (C=O) groups excluding carboxylic acids is 2. The van der Waals surface area contributed by atoms with Crippen molar-refractivity contribution >= 4 is 35.0 Å². The molecule has 0 bridgehead atoms. The van der Waals surface area contributed by atoms with Crippen LogP contribution in [0, 0.1) is 6.92 Å². The zero-order valence-electron chi connectivity index (χ0n) is 13.5. The number of halogens is 3. The summed E-state index contributed by atoms with van der Waals surface area (Å²) in [4.78, 5) is 22.9. The van der Waals surface area contributed by atoms with Crippen molar-refractivity contribution in [1.82, 2.24) is 5.32 Å². The van der Waals surface area contributed by atoms with E-state index in [4.69, 9.17) is 0 Å². The van der Waals surface area contributed by atoms with Gasteiger partial charge in [0.15, 0.2) is 5.17 Å². The Bertz CT molecular complexity index is 819. The van der Waals surface area contributed by atoms with Crippen LogP contribution < -0.4 is 10.1 Å². The summed E-state index contributed by atoms with van der Waals surface area (Å²) in [6, 6.07) is 3.79. The van der Waals surface area contributed by atoms with Gasteiger partial charge in [0.25, 0.3) is 5.91 Å². The molecule has 0 radical (unpaired) electrons. The molecular formula is C15H12F3N3O4S. The Morgan fingerprint density at radius 1 is 1.35 bits per heavy atom. The van der Waals surface area contributed by atoms with Gasteiger partial charge in [-0.15, -0.1) is 18.3 Å². The van der Waals surface area contributed by atoms with E-state index in [2.05, 4.69) is 25.0 Å². The molecule has 1 amide bonds. The van der Waals surface area contributed by atoms with Gasteiger partial charge in [-0.3, -0.25) is 10.1 Å². The number of carbonyl (C=O) groups is 2. The third kappa shape index (κ3) is 5.62. The van der Waals surface area contributed by atoms with Gasteiger partial charge in [-0.2, -0.15) is 5.10 Å². The molecule has 0 unspecified atom stereocenters. The Kier molecular flexibility index (Phi) is 6.03. The molecule has 1 saturated heterocycles. The van der Waals surface area contributed by atoms with Crippen molar-refractivity contribution in [2.75, 3.05) is 7.11 Å². The number of esters is 1. The number of amidine groups is 1. The van der Waals surface area contributed by atoms with Crippen molar-refractivity contribution in [2.24, 2.45) is 10.2 Å². The molecule has 0 aliphatic carbocycles. The van der Waals surface area contributed by atoms with Crippen molar-refractivity contribution in [3.05, 3.63) is 40.3 Å². The maximum absolute atomic E-state index is 12.3. The van der Waals surface area contributed by atoms with Gasteiger partial charge < -0.3 is 9.47 Å². The number of ether oxygens (including phenoxy) is 2. The van der Waals surface area contributed by atoms with Crippen LogP contribution in [0.1, 0.15) is 11.1 Å². The summed E-state index contributed by atoms with van der Waals surface area (Å²) in [7, 11) is 1.18. The first-order valence-corrected chi connectivity index (χ1v) is 7.76. The molecule has 0 saturated carbocycles. The predicted octanol–water partition coefficient (Wildman–Crippen LogP) is 2.50. The number of benzene rings is 1. The Labute approximate surface area is 150 Å². The van der Waals surface area contributed by atoms with Gasteiger partial charge >= 0.3 is 12.3 Å². The summed E-state index contributed by atoms with van der Waals surface area (Å²) in [5.41, 5.74) is 1.01. The number of aryl methyl sites for hydroxylation is 1. The molecule has 1 heterocycles. The lowest BCUT2D eigenvalue weighted by Crippen LogP contribution is -2.19. The lowest BCUT2D eigenvalue weighted by atomic mass is 10.1. The second kappa shape index (κ2) is 8.04. The zero-order valence-corrected chi connectivity index (χ0v) is 14.3. The quantitative estimate of drug-likeness (QED) is 0.371. The summed E-state index contributed by atoms with van der Waals surface area (Å²) >= 11 is 0.875. The summed E-state index contributed by atoms with van der Waals surface area (Å²) in [5, 5.41) is 10.00. The van der Waals surface area contributed by atoms with Gasteiger partial charge in [-0.1, -0.05) is 6.07 Å². The predicted molar refractivity (Wildman–Crippen MR) is 88.7 cm³/mol. The van der Waals surface area contributed by atoms with Crippen molar-refractivity contribution in [2.45, 2.75) is 13.3 Å². The van der Waals surface area contributed by atoms with Crippen LogP contribution >= 0.6 is 11.8 Å². The topological polar surface area (TPSA) is 89.3 Å². The molecule has 1 aromatic rings. The molecule has 0 atom stereocenters. The van der Waals surface area contributed by atoms with Crippen LogP contribution in [0.3, 0.4) is 0 Å². The van der Waals surface area contributed by atoms with Gasteiger partial charge in [0, 0.05) is 11.6 Å². The van der Waals surface area contributed by atoms with Crippen LogP contribution in [-0.2, 0) is 14.3 Å². The fourth-order valence-corrected chi connectivity index (χ4v) is 2.48. The largest absolute Gasteiger partial charge is 0.573 e. The third-order valence-electron chi connectivity index (χ3n) is 2.93. The van der Waals surface area contributed by atoms with Gasteiger partial charge in [0.2, 0.25) is 0 Å². The van der Waals surface area contributed by atoms with Gasteiger partial charge in [0.1, 0.15) is 5.75 Å². The Hall–Kier alpha value is -2.82. The van der Waals surface area contributed by atoms with E-state index in [1.165, 1.54) is 25.5 Å².